The van der Waals surface area contributed by atoms with Crippen LogP contribution in [0.4, 0.5) is 5.69 Å². The first-order valence-electron chi connectivity index (χ1n) is 2.97. The van der Waals surface area contributed by atoms with E-state index < -0.39 is 0 Å². The number of anilines is 1. The summed E-state index contributed by atoms with van der Waals surface area (Å²) in [5.74, 6) is 0. The maximum Gasteiger partial charge on any atom is 0.112 e. The van der Waals surface area contributed by atoms with Gasteiger partial charge in [0.2, 0.25) is 0 Å². The highest BCUT2D eigenvalue weighted by atomic mass is 14.9. The number of nitrogens with two attached hydrogens (primary N) is 1. The molecule has 1 radical (unpaired) electrons. The summed E-state index contributed by atoms with van der Waals surface area (Å²) in [5, 5.41) is 0. The van der Waals surface area contributed by atoms with Gasteiger partial charge in [-0.2, -0.15) is 0 Å². The Morgan fingerprint density at radius 1 is 1.60 bits per heavy atom. The number of benzene rings is 1. The summed E-state index contributed by atoms with van der Waals surface area (Å²) >= 11 is 0. The fourth-order valence-electron chi connectivity index (χ4n) is 0.929. The summed E-state index contributed by atoms with van der Waals surface area (Å²) in [6, 6.07) is 6.52. The third-order valence-corrected chi connectivity index (χ3v) is 1.41. The van der Waals surface area contributed by atoms with Gasteiger partial charge >= 0.3 is 0 Å². The van der Waals surface area contributed by atoms with E-state index in [2.05, 4.69) is 16.0 Å². The second-order valence-corrected chi connectivity index (χ2v) is 2.06. The zero-order valence-corrected chi connectivity index (χ0v) is 5.26. The number of aromatic amines is 1. The van der Waals surface area contributed by atoms with Gasteiger partial charge in [0.15, 0.2) is 0 Å². The van der Waals surface area contributed by atoms with Crippen LogP contribution >= 0.6 is 0 Å². The van der Waals surface area contributed by atoms with Crippen LogP contribution in [0, 0.1) is 6.07 Å². The average molecular weight is 132 g/mol. The topological polar surface area (TPSA) is 54.7 Å². The molecule has 0 spiro atoms. The molecule has 0 unspecified atom stereocenters. The number of hydrogen-bond acceptors (Lipinski definition) is 2. The van der Waals surface area contributed by atoms with E-state index in [1.54, 1.807) is 12.4 Å². The molecule has 0 aliphatic rings. The lowest BCUT2D eigenvalue weighted by molar-refractivity contribution is 1.34. The number of nitrogens with one attached hydrogen (secondary N) is 1. The van der Waals surface area contributed by atoms with Gasteiger partial charge in [0.25, 0.3) is 0 Å². The smallest absolute Gasteiger partial charge is 0.112 e. The average Bonchev–Trinajstić information content (AvgIpc) is 2.36. The zero-order chi connectivity index (χ0) is 6.97. The molecule has 3 nitrogen and oxygen atoms in total. The van der Waals surface area contributed by atoms with Crippen LogP contribution in [-0.4, -0.2) is 9.97 Å². The third-order valence-electron chi connectivity index (χ3n) is 1.41. The van der Waals surface area contributed by atoms with Crippen LogP contribution in [-0.2, 0) is 0 Å². The van der Waals surface area contributed by atoms with Crippen LogP contribution < -0.4 is 5.73 Å². The first-order chi connectivity index (χ1) is 4.88. The molecule has 1 aromatic carbocycles. The second kappa shape index (κ2) is 1.73. The van der Waals surface area contributed by atoms with Gasteiger partial charge < -0.3 is 10.7 Å². The number of imidazole rings is 1. The largest absolute Gasteiger partial charge is 0.396 e. The van der Waals surface area contributed by atoms with Crippen molar-refractivity contribution in [2.75, 3.05) is 5.73 Å². The Balaban J connectivity index is 2.95. The van der Waals surface area contributed by atoms with Crippen LogP contribution in [0.5, 0.6) is 0 Å². The van der Waals surface area contributed by atoms with Crippen molar-refractivity contribution in [3.8, 4) is 0 Å². The van der Waals surface area contributed by atoms with Crippen LogP contribution in [0.2, 0.25) is 0 Å². The van der Waals surface area contributed by atoms with Crippen molar-refractivity contribution in [2.45, 2.75) is 0 Å². The highest BCUT2D eigenvalue weighted by Crippen LogP contribution is 2.14. The molecule has 1 heterocycles. The number of rotatable bonds is 0. The quantitative estimate of drug-likeness (QED) is 0.524. The third kappa shape index (κ3) is 0.572. The molecule has 0 saturated heterocycles. The number of nitrogen functional groups attached to an aromatic ring is 1. The van der Waals surface area contributed by atoms with Crippen molar-refractivity contribution in [3.63, 3.8) is 0 Å². The van der Waals surface area contributed by atoms with Crippen molar-refractivity contribution in [1.82, 2.24) is 9.97 Å². The molecular weight excluding hydrogens is 126 g/mol. The van der Waals surface area contributed by atoms with Crippen molar-refractivity contribution in [2.24, 2.45) is 0 Å². The van der Waals surface area contributed by atoms with Crippen LogP contribution in [0.3, 0.4) is 0 Å². The van der Waals surface area contributed by atoms with Gasteiger partial charge in [0.1, 0.15) is 5.52 Å². The fourth-order valence-corrected chi connectivity index (χ4v) is 0.929. The zero-order valence-electron chi connectivity index (χ0n) is 5.26. The van der Waals surface area contributed by atoms with E-state index >= 15 is 0 Å². The van der Waals surface area contributed by atoms with Gasteiger partial charge in [-0.1, -0.05) is 6.07 Å². The van der Waals surface area contributed by atoms with E-state index in [0.717, 1.165) is 11.0 Å². The molecule has 0 amide bonds. The van der Waals surface area contributed by atoms with E-state index in [0.29, 0.717) is 5.69 Å². The maximum atomic E-state index is 5.56. The lowest BCUT2D eigenvalue weighted by Gasteiger charge is -1.90. The Morgan fingerprint density at radius 2 is 2.50 bits per heavy atom. The number of aromatic nitrogens is 2. The van der Waals surface area contributed by atoms with Crippen molar-refractivity contribution >= 4 is 16.7 Å². The minimum Gasteiger partial charge on any atom is -0.396 e. The summed E-state index contributed by atoms with van der Waals surface area (Å²) in [7, 11) is 0. The van der Waals surface area contributed by atoms with Crippen LogP contribution in [0.1, 0.15) is 0 Å². The van der Waals surface area contributed by atoms with E-state index in [9.17, 15) is 0 Å². The Kier molecular flexibility index (Phi) is 0.917. The molecule has 0 bridgehead atoms. The molecule has 0 saturated carbocycles. The minimum absolute atomic E-state index is 0.596. The molecule has 0 fully saturated rings. The van der Waals surface area contributed by atoms with Gasteiger partial charge in [0, 0.05) is 6.07 Å². The molecule has 1 aromatic heterocycles. The summed E-state index contributed by atoms with van der Waals surface area (Å²) in [4.78, 5) is 6.96. The predicted molar refractivity (Wildman–Crippen MR) is 39.3 cm³/mol. The molecule has 3 heteroatoms. The van der Waals surface area contributed by atoms with Gasteiger partial charge in [-0.05, 0) is 6.07 Å². The molecule has 0 atom stereocenters. The Morgan fingerprint density at radius 3 is 3.30 bits per heavy atom. The van der Waals surface area contributed by atoms with Gasteiger partial charge in [-0.15, -0.1) is 0 Å². The molecule has 10 heavy (non-hydrogen) atoms. The summed E-state index contributed by atoms with van der Waals surface area (Å²) < 4.78 is 0. The minimum atomic E-state index is 0.596. The Labute approximate surface area is 57.9 Å². The van der Waals surface area contributed by atoms with Gasteiger partial charge in [-0.25, -0.2) is 4.98 Å². The van der Waals surface area contributed by atoms with Gasteiger partial charge in [-0.3, -0.25) is 0 Å². The molecular formula is C7H6N3. The van der Waals surface area contributed by atoms with E-state index in [4.69, 9.17) is 5.73 Å². The molecule has 0 aliphatic carbocycles. The lowest BCUT2D eigenvalue weighted by Crippen LogP contribution is -1.85. The predicted octanol–water partition coefficient (Wildman–Crippen LogP) is 0.945. The molecule has 2 rings (SSSR count). The number of H-pyrrole nitrogens is 1. The fraction of sp³-hybridized carbons (Fsp3) is 0. The molecule has 2 aromatic rings. The number of nitrogens with zero attached hydrogens (tertiary/aromatic N) is 1. The summed E-state index contributed by atoms with van der Waals surface area (Å²) in [5.41, 5.74) is 7.91. The molecule has 3 N–H and O–H groups in total. The first-order valence-corrected chi connectivity index (χ1v) is 2.97. The number of hydrogen-bond donors (Lipinski definition) is 2. The monoisotopic (exact) mass is 132 g/mol. The van der Waals surface area contributed by atoms with Crippen molar-refractivity contribution in [3.05, 3.63) is 24.5 Å². The number of fused-ring (bicyclic) bond motifs is 1. The highest BCUT2D eigenvalue weighted by molar-refractivity contribution is 5.85. The molecule has 0 aliphatic heterocycles. The summed E-state index contributed by atoms with van der Waals surface area (Å²) in [6.07, 6.45) is 1.62. The normalized spacial score (nSPS) is 10.4. The standard InChI is InChI=1S/C7H6N3/c8-5-2-1-3-6-7(5)10-4-9-6/h1,3-4H,8H2,(H,9,10). The lowest BCUT2D eigenvalue weighted by atomic mass is 10.3. The van der Waals surface area contributed by atoms with Gasteiger partial charge in [0.05, 0.1) is 17.5 Å². The highest BCUT2D eigenvalue weighted by Gasteiger charge is 1.96. The molecule has 49 valence electrons. The van der Waals surface area contributed by atoms with Crippen LogP contribution in [0.15, 0.2) is 18.5 Å². The van der Waals surface area contributed by atoms with E-state index in [1.807, 2.05) is 6.07 Å². The summed E-state index contributed by atoms with van der Waals surface area (Å²) in [6.45, 7) is 0. The second-order valence-electron chi connectivity index (χ2n) is 2.06. The van der Waals surface area contributed by atoms with E-state index in [-0.39, 0.29) is 0 Å². The van der Waals surface area contributed by atoms with Crippen molar-refractivity contribution in [1.29, 1.82) is 0 Å². The Hall–Kier alpha value is -1.51. The SMILES string of the molecule is Nc1[c]ccc2[nH]cnc12. The van der Waals surface area contributed by atoms with E-state index in [1.165, 1.54) is 0 Å². The van der Waals surface area contributed by atoms with Crippen molar-refractivity contribution < 1.29 is 0 Å². The van der Waals surface area contributed by atoms with Crippen LogP contribution in [0.25, 0.3) is 11.0 Å². The first kappa shape index (κ1) is 5.29. The Bertz CT molecular complexity index is 350. The maximum absolute atomic E-state index is 5.56.